The fourth-order valence-corrected chi connectivity index (χ4v) is 1.90. The van der Waals surface area contributed by atoms with Gasteiger partial charge in [0.25, 0.3) is 0 Å². The molecule has 0 spiro atoms. The molecule has 1 fully saturated rings. The summed E-state index contributed by atoms with van der Waals surface area (Å²) in [5.74, 6) is -7.82. The van der Waals surface area contributed by atoms with Gasteiger partial charge < -0.3 is 14.2 Å². The van der Waals surface area contributed by atoms with E-state index in [4.69, 9.17) is 4.74 Å². The standard InChI is InChI=1S/C13H16F6O5/c1-9(2,3)22-7(20)5-6-10(4)8(21)23-11(24-10,12(14,15)16)13(17,18)19/h5-6H2,1-4H3/t10-/m0/s1. The highest BCUT2D eigenvalue weighted by Crippen LogP contribution is 2.53. The molecule has 24 heavy (non-hydrogen) atoms. The average molecular weight is 366 g/mol. The first-order valence-electron chi connectivity index (χ1n) is 6.72. The molecular formula is C13H16F6O5. The van der Waals surface area contributed by atoms with Crippen LogP contribution in [-0.4, -0.2) is 41.3 Å². The Morgan fingerprint density at radius 2 is 1.54 bits per heavy atom. The Kier molecular flexibility index (Phi) is 4.94. The molecular weight excluding hydrogens is 350 g/mol. The van der Waals surface area contributed by atoms with E-state index >= 15 is 0 Å². The zero-order valence-corrected chi connectivity index (χ0v) is 13.2. The van der Waals surface area contributed by atoms with E-state index in [1.807, 2.05) is 0 Å². The highest BCUT2D eigenvalue weighted by Gasteiger charge is 2.82. The number of esters is 2. The van der Waals surface area contributed by atoms with Gasteiger partial charge in [0, 0.05) is 6.42 Å². The third-order valence-electron chi connectivity index (χ3n) is 3.01. The molecule has 1 atom stereocenters. The third kappa shape index (κ3) is 3.93. The van der Waals surface area contributed by atoms with E-state index in [1.54, 1.807) is 0 Å². The number of alkyl halides is 6. The van der Waals surface area contributed by atoms with Crippen LogP contribution in [0.4, 0.5) is 26.3 Å². The van der Waals surface area contributed by atoms with Gasteiger partial charge in [-0.05, 0) is 34.1 Å². The van der Waals surface area contributed by atoms with Crippen molar-refractivity contribution >= 4 is 11.9 Å². The van der Waals surface area contributed by atoms with Crippen molar-refractivity contribution in [2.24, 2.45) is 0 Å². The van der Waals surface area contributed by atoms with Crippen molar-refractivity contribution in [1.29, 1.82) is 0 Å². The maximum Gasteiger partial charge on any atom is 0.465 e. The van der Waals surface area contributed by atoms with Crippen LogP contribution < -0.4 is 0 Å². The lowest BCUT2D eigenvalue weighted by Gasteiger charge is -2.31. The van der Waals surface area contributed by atoms with Gasteiger partial charge in [-0.15, -0.1) is 0 Å². The maximum atomic E-state index is 12.8. The van der Waals surface area contributed by atoms with Crippen LogP contribution in [0.25, 0.3) is 0 Å². The van der Waals surface area contributed by atoms with E-state index in [0.717, 1.165) is 0 Å². The summed E-state index contributed by atoms with van der Waals surface area (Å²) in [6, 6.07) is 0. The molecule has 0 aromatic heterocycles. The van der Waals surface area contributed by atoms with Crippen molar-refractivity contribution in [2.45, 2.75) is 69.9 Å². The fourth-order valence-electron chi connectivity index (χ4n) is 1.90. The van der Waals surface area contributed by atoms with E-state index in [-0.39, 0.29) is 0 Å². The van der Waals surface area contributed by atoms with Crippen LogP contribution in [0.2, 0.25) is 0 Å². The number of hydrogen-bond donors (Lipinski definition) is 0. The fraction of sp³-hybridized carbons (Fsp3) is 0.846. The van der Waals surface area contributed by atoms with Crippen molar-refractivity contribution in [2.75, 3.05) is 0 Å². The molecule has 0 N–H and O–H groups in total. The van der Waals surface area contributed by atoms with Crippen molar-refractivity contribution in [3.8, 4) is 0 Å². The van der Waals surface area contributed by atoms with Crippen LogP contribution in [0.3, 0.4) is 0 Å². The number of carbonyl (C=O) groups excluding carboxylic acids is 2. The minimum absolute atomic E-state index is 0.630. The first kappa shape index (κ1) is 20.5. The van der Waals surface area contributed by atoms with E-state index in [1.165, 1.54) is 20.8 Å². The maximum absolute atomic E-state index is 12.8. The van der Waals surface area contributed by atoms with Gasteiger partial charge in [-0.25, -0.2) is 4.79 Å². The number of hydrogen-bond acceptors (Lipinski definition) is 5. The normalized spacial score (nSPS) is 24.7. The Hall–Kier alpha value is -1.52. The van der Waals surface area contributed by atoms with Crippen LogP contribution >= 0.6 is 0 Å². The van der Waals surface area contributed by atoms with Gasteiger partial charge in [0.15, 0.2) is 5.60 Å². The summed E-state index contributed by atoms with van der Waals surface area (Å²) in [4.78, 5) is 23.1. The van der Waals surface area contributed by atoms with Crippen LogP contribution in [0.15, 0.2) is 0 Å². The molecule has 1 saturated heterocycles. The zero-order valence-electron chi connectivity index (χ0n) is 13.2. The van der Waals surface area contributed by atoms with E-state index in [9.17, 15) is 35.9 Å². The van der Waals surface area contributed by atoms with Crippen LogP contribution in [0.1, 0.15) is 40.5 Å². The molecule has 0 amide bonds. The van der Waals surface area contributed by atoms with Gasteiger partial charge in [-0.2, -0.15) is 26.3 Å². The Morgan fingerprint density at radius 1 is 1.08 bits per heavy atom. The summed E-state index contributed by atoms with van der Waals surface area (Å²) in [5, 5.41) is 0. The summed E-state index contributed by atoms with van der Waals surface area (Å²) in [7, 11) is 0. The quantitative estimate of drug-likeness (QED) is 0.567. The highest BCUT2D eigenvalue weighted by molar-refractivity contribution is 5.82. The summed E-state index contributed by atoms with van der Waals surface area (Å²) in [6.07, 6.45) is -13.5. The first-order chi connectivity index (χ1) is 10.4. The molecule has 0 bridgehead atoms. The second-order valence-corrected chi connectivity index (χ2v) is 6.42. The number of halogens is 6. The molecule has 0 saturated carbocycles. The molecule has 140 valence electrons. The third-order valence-corrected chi connectivity index (χ3v) is 3.01. The van der Waals surface area contributed by atoms with E-state index in [0.29, 0.717) is 6.92 Å². The number of ether oxygens (including phenoxy) is 3. The molecule has 0 radical (unpaired) electrons. The van der Waals surface area contributed by atoms with Crippen molar-refractivity contribution < 1.29 is 50.1 Å². The SMILES string of the molecule is CC(C)(C)OC(=O)CC[C@]1(C)OC(C(F)(F)F)(C(F)(F)F)OC1=O. The summed E-state index contributed by atoms with van der Waals surface area (Å²) in [6.45, 7) is 5.25. The molecule has 0 aromatic carbocycles. The zero-order chi connectivity index (χ0) is 19.2. The molecule has 1 aliphatic heterocycles. The minimum atomic E-state index is -6.04. The van der Waals surface area contributed by atoms with Crippen LogP contribution in [0.5, 0.6) is 0 Å². The summed E-state index contributed by atoms with van der Waals surface area (Å²) >= 11 is 0. The largest absolute Gasteiger partial charge is 0.465 e. The predicted molar refractivity (Wildman–Crippen MR) is 65.5 cm³/mol. The molecule has 1 heterocycles. The van der Waals surface area contributed by atoms with Crippen LogP contribution in [0, 0.1) is 0 Å². The van der Waals surface area contributed by atoms with Crippen molar-refractivity contribution in [3.05, 3.63) is 0 Å². The highest BCUT2D eigenvalue weighted by atomic mass is 19.4. The number of rotatable bonds is 3. The second kappa shape index (κ2) is 5.78. The molecule has 0 aromatic rings. The minimum Gasteiger partial charge on any atom is -0.460 e. The summed E-state index contributed by atoms with van der Waals surface area (Å²) < 4.78 is 89.5. The van der Waals surface area contributed by atoms with Crippen molar-refractivity contribution in [1.82, 2.24) is 0 Å². The van der Waals surface area contributed by atoms with Gasteiger partial charge >= 0.3 is 30.1 Å². The monoisotopic (exact) mass is 366 g/mol. The lowest BCUT2D eigenvalue weighted by molar-refractivity contribution is -0.444. The molecule has 0 aliphatic carbocycles. The van der Waals surface area contributed by atoms with Crippen molar-refractivity contribution in [3.63, 3.8) is 0 Å². The molecule has 1 aliphatic rings. The first-order valence-corrected chi connectivity index (χ1v) is 6.72. The van der Waals surface area contributed by atoms with Gasteiger partial charge in [-0.3, -0.25) is 4.79 Å². The van der Waals surface area contributed by atoms with Gasteiger partial charge in [-0.1, -0.05) is 0 Å². The van der Waals surface area contributed by atoms with E-state index in [2.05, 4.69) is 9.47 Å². The predicted octanol–water partition coefficient (Wildman–Crippen LogP) is 3.26. The van der Waals surface area contributed by atoms with Gasteiger partial charge in [0.05, 0.1) is 0 Å². The van der Waals surface area contributed by atoms with Gasteiger partial charge in [0.2, 0.25) is 0 Å². The lowest BCUT2D eigenvalue weighted by Crippen LogP contribution is -2.58. The molecule has 11 heteroatoms. The average Bonchev–Trinajstić information content (AvgIpc) is 2.58. The Balaban J connectivity index is 2.98. The Bertz CT molecular complexity index is 504. The summed E-state index contributed by atoms with van der Waals surface area (Å²) in [5.41, 5.74) is -3.50. The lowest BCUT2D eigenvalue weighted by atomic mass is 10.0. The number of cyclic esters (lactones) is 1. The second-order valence-electron chi connectivity index (χ2n) is 6.42. The van der Waals surface area contributed by atoms with Crippen LogP contribution in [-0.2, 0) is 23.8 Å². The van der Waals surface area contributed by atoms with E-state index < -0.39 is 54.1 Å². The smallest absolute Gasteiger partial charge is 0.460 e. The molecule has 5 nitrogen and oxygen atoms in total. The number of carbonyl (C=O) groups is 2. The molecule has 1 rings (SSSR count). The Morgan fingerprint density at radius 3 is 1.88 bits per heavy atom. The van der Waals surface area contributed by atoms with Gasteiger partial charge in [0.1, 0.15) is 5.60 Å². The molecule has 0 unspecified atom stereocenters. The topological polar surface area (TPSA) is 61.8 Å². The Labute approximate surface area is 133 Å².